The molecule has 1 saturated heterocycles. The van der Waals surface area contributed by atoms with Crippen molar-refractivity contribution in [3.05, 3.63) is 107 Å². The Hall–Kier alpha value is -5.09. The van der Waals surface area contributed by atoms with Gasteiger partial charge in [0.2, 0.25) is 0 Å². The molecule has 0 saturated carbocycles. The number of methoxy groups -OCH3 is 4. The fraction of sp³-hybridized carbons (Fsp3) is 0.289. The highest BCUT2D eigenvalue weighted by molar-refractivity contribution is 5.95. The molecule has 5 rings (SSSR count). The van der Waals surface area contributed by atoms with E-state index < -0.39 is 17.8 Å². The van der Waals surface area contributed by atoms with Gasteiger partial charge in [0.05, 0.1) is 39.6 Å². The summed E-state index contributed by atoms with van der Waals surface area (Å²) in [6.07, 6.45) is 2.85. The van der Waals surface area contributed by atoms with Gasteiger partial charge in [0.25, 0.3) is 0 Å². The first-order chi connectivity index (χ1) is 23.0. The minimum absolute atomic E-state index is 0.199. The molecule has 10 heteroatoms. The zero-order chi connectivity index (χ0) is 35.0. The van der Waals surface area contributed by atoms with Crippen molar-refractivity contribution in [1.29, 1.82) is 0 Å². The Labute approximate surface area is 279 Å². The van der Waals surface area contributed by atoms with E-state index in [0.29, 0.717) is 53.1 Å². The third kappa shape index (κ3) is 8.06. The highest BCUT2D eigenvalue weighted by Crippen LogP contribution is 2.34. The number of hydrogen-bond acceptors (Lipinski definition) is 8. The van der Waals surface area contributed by atoms with E-state index in [1.807, 2.05) is 6.07 Å². The van der Waals surface area contributed by atoms with Crippen molar-refractivity contribution in [2.45, 2.75) is 45.3 Å². The SMILES string of the molecule is COC(=O)c1ccc(-c2cc(OC)ccc2F)c(C=O)c1.COC(=O)c1ccc(-c2cc(OC)ccc2F)c(CN2[C@H](C)CC[C@H]2C)c1. The molecule has 0 bridgehead atoms. The van der Waals surface area contributed by atoms with E-state index in [9.17, 15) is 23.2 Å². The molecule has 1 fully saturated rings. The summed E-state index contributed by atoms with van der Waals surface area (Å²) in [6, 6.07) is 19.5. The molecule has 0 aromatic heterocycles. The average Bonchev–Trinajstić information content (AvgIpc) is 3.43. The summed E-state index contributed by atoms with van der Waals surface area (Å²) in [5.74, 6) is -0.681. The monoisotopic (exact) mass is 659 g/mol. The number of aldehydes is 1. The van der Waals surface area contributed by atoms with Crippen molar-refractivity contribution in [3.8, 4) is 33.8 Å². The third-order valence-electron chi connectivity index (χ3n) is 8.54. The zero-order valence-corrected chi connectivity index (χ0v) is 27.8. The summed E-state index contributed by atoms with van der Waals surface area (Å²) in [6.45, 7) is 5.07. The fourth-order valence-corrected chi connectivity index (χ4v) is 5.81. The molecule has 1 aliphatic rings. The lowest BCUT2D eigenvalue weighted by Gasteiger charge is -2.27. The van der Waals surface area contributed by atoms with Gasteiger partial charge in [-0.25, -0.2) is 18.4 Å². The molecule has 8 nitrogen and oxygen atoms in total. The maximum atomic E-state index is 14.6. The highest BCUT2D eigenvalue weighted by Gasteiger charge is 2.28. The minimum Gasteiger partial charge on any atom is -0.497 e. The van der Waals surface area contributed by atoms with Gasteiger partial charge in [0.1, 0.15) is 23.1 Å². The highest BCUT2D eigenvalue weighted by atomic mass is 19.1. The van der Waals surface area contributed by atoms with Crippen molar-refractivity contribution in [3.63, 3.8) is 0 Å². The Kier molecular flexibility index (Phi) is 12.0. The van der Waals surface area contributed by atoms with Crippen molar-refractivity contribution in [1.82, 2.24) is 4.90 Å². The molecule has 0 spiro atoms. The Bertz CT molecular complexity index is 1780. The normalized spacial score (nSPS) is 15.6. The van der Waals surface area contributed by atoms with E-state index in [1.54, 1.807) is 31.4 Å². The van der Waals surface area contributed by atoms with Gasteiger partial charge in [-0.15, -0.1) is 0 Å². The lowest BCUT2D eigenvalue weighted by molar-refractivity contribution is 0.0591. The van der Waals surface area contributed by atoms with Crippen LogP contribution in [0.1, 0.15) is 63.3 Å². The molecular weight excluding hydrogens is 620 g/mol. The number of halogens is 2. The summed E-state index contributed by atoms with van der Waals surface area (Å²) in [4.78, 5) is 37.1. The van der Waals surface area contributed by atoms with E-state index >= 15 is 0 Å². The predicted octanol–water partition coefficient (Wildman–Crippen LogP) is 7.76. The fourth-order valence-electron chi connectivity index (χ4n) is 5.81. The van der Waals surface area contributed by atoms with Crippen LogP contribution in [-0.4, -0.2) is 63.6 Å². The van der Waals surface area contributed by atoms with Crippen LogP contribution < -0.4 is 9.47 Å². The van der Waals surface area contributed by atoms with Crippen LogP contribution in [-0.2, 0) is 16.0 Å². The van der Waals surface area contributed by atoms with Crippen LogP contribution in [0.25, 0.3) is 22.3 Å². The van der Waals surface area contributed by atoms with Gasteiger partial charge in [-0.05, 0) is 104 Å². The van der Waals surface area contributed by atoms with Crippen molar-refractivity contribution in [2.75, 3.05) is 28.4 Å². The molecule has 0 N–H and O–H groups in total. The van der Waals surface area contributed by atoms with Crippen LogP contribution in [0.5, 0.6) is 11.5 Å². The van der Waals surface area contributed by atoms with E-state index in [-0.39, 0.29) is 22.5 Å². The molecule has 48 heavy (non-hydrogen) atoms. The Balaban J connectivity index is 0.000000224. The van der Waals surface area contributed by atoms with Crippen LogP contribution in [0.4, 0.5) is 8.78 Å². The van der Waals surface area contributed by atoms with Crippen LogP contribution in [0.2, 0.25) is 0 Å². The van der Waals surface area contributed by atoms with E-state index in [2.05, 4.69) is 23.5 Å². The molecule has 2 atom stereocenters. The number of nitrogens with zero attached hydrogens (tertiary/aromatic N) is 1. The van der Waals surface area contributed by atoms with Gasteiger partial charge in [0.15, 0.2) is 6.29 Å². The van der Waals surface area contributed by atoms with Crippen LogP contribution in [0, 0.1) is 11.6 Å². The average molecular weight is 660 g/mol. The lowest BCUT2D eigenvalue weighted by atomic mass is 9.96. The van der Waals surface area contributed by atoms with Gasteiger partial charge in [-0.2, -0.15) is 0 Å². The summed E-state index contributed by atoms with van der Waals surface area (Å²) >= 11 is 0. The predicted molar refractivity (Wildman–Crippen MR) is 179 cm³/mol. The molecule has 0 radical (unpaired) electrons. The van der Waals surface area contributed by atoms with E-state index in [0.717, 1.165) is 24.0 Å². The van der Waals surface area contributed by atoms with Gasteiger partial charge in [-0.1, -0.05) is 12.1 Å². The molecule has 0 amide bonds. The van der Waals surface area contributed by atoms with Gasteiger partial charge >= 0.3 is 11.9 Å². The summed E-state index contributed by atoms with van der Waals surface area (Å²) in [7, 11) is 5.64. The molecular formula is C38H39F2NO7. The standard InChI is InChI=1S/C22H26FNO3.C16H13FO4/c1-14-5-6-15(2)24(14)13-17-11-16(22(25)27-4)7-9-19(17)20-12-18(26-3)8-10-21(20)23;1-20-12-4-6-15(17)14(8-12)13-5-3-10(16(19)21-2)7-11(13)9-18/h7-12,14-15H,5-6,13H2,1-4H3;3-9H,1-2H3/t14-,15-;/m1./s1. The minimum atomic E-state index is -0.559. The number of carbonyl (C=O) groups excluding carboxylic acids is 3. The second-order valence-electron chi connectivity index (χ2n) is 11.4. The van der Waals surface area contributed by atoms with Crippen molar-refractivity contribution in [2.24, 2.45) is 0 Å². The van der Waals surface area contributed by atoms with E-state index in [4.69, 9.17) is 14.2 Å². The van der Waals surface area contributed by atoms with Crippen molar-refractivity contribution >= 4 is 18.2 Å². The second kappa shape index (κ2) is 16.1. The topological polar surface area (TPSA) is 91.4 Å². The first kappa shape index (κ1) is 35.8. The molecule has 1 aliphatic heterocycles. The Morgan fingerprint density at radius 2 is 1.17 bits per heavy atom. The number of carbonyl (C=O) groups is 3. The molecule has 4 aromatic carbocycles. The zero-order valence-electron chi connectivity index (χ0n) is 27.8. The van der Waals surface area contributed by atoms with E-state index in [1.165, 1.54) is 63.8 Å². The number of likely N-dealkylation sites (tertiary alicyclic amines) is 1. The number of rotatable bonds is 9. The lowest BCUT2D eigenvalue weighted by Crippen LogP contribution is -2.32. The second-order valence-corrected chi connectivity index (χ2v) is 11.4. The smallest absolute Gasteiger partial charge is 0.337 e. The molecule has 0 aliphatic carbocycles. The first-order valence-electron chi connectivity index (χ1n) is 15.4. The molecule has 1 heterocycles. The van der Waals surface area contributed by atoms with Crippen LogP contribution in [0.3, 0.4) is 0 Å². The third-order valence-corrected chi connectivity index (χ3v) is 8.54. The Morgan fingerprint density at radius 3 is 1.65 bits per heavy atom. The Morgan fingerprint density at radius 1 is 0.688 bits per heavy atom. The molecule has 252 valence electrons. The van der Waals surface area contributed by atoms with Gasteiger partial charge in [0, 0.05) is 35.3 Å². The maximum Gasteiger partial charge on any atom is 0.337 e. The number of esters is 2. The first-order valence-corrected chi connectivity index (χ1v) is 15.4. The molecule has 4 aromatic rings. The van der Waals surface area contributed by atoms with Gasteiger partial charge in [-0.3, -0.25) is 9.69 Å². The number of benzene rings is 4. The maximum absolute atomic E-state index is 14.6. The quantitative estimate of drug-likeness (QED) is 0.133. The number of hydrogen-bond donors (Lipinski definition) is 0. The van der Waals surface area contributed by atoms with Crippen LogP contribution in [0.15, 0.2) is 72.8 Å². The van der Waals surface area contributed by atoms with Crippen LogP contribution >= 0.6 is 0 Å². The summed E-state index contributed by atoms with van der Waals surface area (Å²) in [5, 5.41) is 0. The number of ether oxygens (including phenoxy) is 4. The van der Waals surface area contributed by atoms with Crippen molar-refractivity contribution < 1.29 is 42.1 Å². The van der Waals surface area contributed by atoms with Gasteiger partial charge < -0.3 is 18.9 Å². The summed E-state index contributed by atoms with van der Waals surface area (Å²) < 4.78 is 48.4. The largest absolute Gasteiger partial charge is 0.497 e. The summed E-state index contributed by atoms with van der Waals surface area (Å²) in [5.41, 5.74) is 3.66. The molecule has 0 unspecified atom stereocenters.